The van der Waals surface area contributed by atoms with E-state index in [9.17, 15) is 18.0 Å². The number of carbonyl (C=O) groups is 1. The summed E-state index contributed by atoms with van der Waals surface area (Å²) >= 11 is 0. The van der Waals surface area contributed by atoms with Crippen molar-refractivity contribution in [2.75, 3.05) is 13.1 Å². The second-order valence-electron chi connectivity index (χ2n) is 3.55. The maximum atomic E-state index is 12.1. The van der Waals surface area contributed by atoms with Crippen LogP contribution in [0.3, 0.4) is 0 Å². The summed E-state index contributed by atoms with van der Waals surface area (Å²) in [5.41, 5.74) is 0. The van der Waals surface area contributed by atoms with Crippen LogP contribution in [-0.4, -0.2) is 41.3 Å². The van der Waals surface area contributed by atoms with Gasteiger partial charge in [0, 0.05) is 6.04 Å². The smallest absolute Gasteiger partial charge is 0.401 e. The van der Waals surface area contributed by atoms with Gasteiger partial charge in [-0.1, -0.05) is 13.8 Å². The Kier molecular flexibility index (Phi) is 5.07. The van der Waals surface area contributed by atoms with E-state index in [-0.39, 0.29) is 6.54 Å². The van der Waals surface area contributed by atoms with Crippen LogP contribution in [0.2, 0.25) is 0 Å². The van der Waals surface area contributed by atoms with Crippen LogP contribution in [0.5, 0.6) is 0 Å². The minimum atomic E-state index is -4.29. The third-order valence-electron chi connectivity index (χ3n) is 2.48. The molecule has 90 valence electrons. The summed E-state index contributed by atoms with van der Waals surface area (Å²) in [5, 5.41) is 8.69. The van der Waals surface area contributed by atoms with Crippen molar-refractivity contribution in [1.29, 1.82) is 0 Å². The van der Waals surface area contributed by atoms with Gasteiger partial charge in [-0.05, 0) is 13.5 Å². The number of hydrogen-bond donors (Lipinski definition) is 1. The van der Waals surface area contributed by atoms with Crippen molar-refractivity contribution >= 4 is 5.97 Å². The average Bonchev–Trinajstić information content (AvgIpc) is 2.10. The van der Waals surface area contributed by atoms with Crippen LogP contribution < -0.4 is 0 Å². The molecule has 6 heteroatoms. The molecule has 0 radical (unpaired) electrons. The second kappa shape index (κ2) is 5.34. The van der Waals surface area contributed by atoms with E-state index in [1.807, 2.05) is 0 Å². The Labute approximate surface area is 86.9 Å². The highest BCUT2D eigenvalue weighted by molar-refractivity contribution is 5.70. The molecule has 0 saturated heterocycles. The Morgan fingerprint density at radius 2 is 1.87 bits per heavy atom. The van der Waals surface area contributed by atoms with Crippen LogP contribution in [0.25, 0.3) is 0 Å². The molecule has 2 unspecified atom stereocenters. The maximum absolute atomic E-state index is 12.1. The number of rotatable bonds is 5. The van der Waals surface area contributed by atoms with Gasteiger partial charge in [0.1, 0.15) is 0 Å². The van der Waals surface area contributed by atoms with E-state index in [2.05, 4.69) is 0 Å². The van der Waals surface area contributed by atoms with Crippen molar-refractivity contribution in [1.82, 2.24) is 4.90 Å². The molecule has 0 aliphatic carbocycles. The molecule has 1 N–H and O–H groups in total. The summed E-state index contributed by atoms with van der Waals surface area (Å²) in [4.78, 5) is 11.7. The van der Waals surface area contributed by atoms with Crippen LogP contribution in [-0.2, 0) is 4.79 Å². The second-order valence-corrected chi connectivity index (χ2v) is 3.55. The van der Waals surface area contributed by atoms with Crippen molar-refractivity contribution in [2.24, 2.45) is 5.92 Å². The molecule has 0 aromatic carbocycles. The molecule has 0 aromatic heterocycles. The van der Waals surface area contributed by atoms with Gasteiger partial charge in [0.15, 0.2) is 0 Å². The lowest BCUT2D eigenvalue weighted by molar-refractivity contribution is -0.158. The average molecular weight is 227 g/mol. The highest BCUT2D eigenvalue weighted by atomic mass is 19.4. The highest BCUT2D eigenvalue weighted by Gasteiger charge is 2.34. The molecule has 0 saturated carbocycles. The maximum Gasteiger partial charge on any atom is 0.401 e. The van der Waals surface area contributed by atoms with Crippen molar-refractivity contribution in [3.05, 3.63) is 0 Å². The van der Waals surface area contributed by atoms with E-state index in [1.165, 1.54) is 13.8 Å². The minimum Gasteiger partial charge on any atom is -0.481 e. The molecule has 2 atom stereocenters. The van der Waals surface area contributed by atoms with Crippen LogP contribution in [0.15, 0.2) is 0 Å². The number of halogens is 3. The Morgan fingerprint density at radius 3 is 2.13 bits per heavy atom. The van der Waals surface area contributed by atoms with Gasteiger partial charge in [-0.3, -0.25) is 9.69 Å². The predicted molar refractivity (Wildman–Crippen MR) is 49.6 cm³/mol. The standard InChI is InChI=1S/C9H16F3NO2/c1-4-13(5-9(10,11)12)7(3)6(2)8(14)15/h6-7H,4-5H2,1-3H3,(H,14,15). The molecule has 0 rings (SSSR count). The zero-order chi connectivity index (χ0) is 12.2. The zero-order valence-electron chi connectivity index (χ0n) is 9.01. The van der Waals surface area contributed by atoms with E-state index in [1.54, 1.807) is 6.92 Å². The van der Waals surface area contributed by atoms with Gasteiger partial charge in [-0.2, -0.15) is 13.2 Å². The molecular weight excluding hydrogens is 211 g/mol. The SMILES string of the molecule is CCN(CC(F)(F)F)C(C)C(C)C(=O)O. The number of carboxylic acids is 1. The van der Waals surface area contributed by atoms with Gasteiger partial charge < -0.3 is 5.11 Å². The largest absolute Gasteiger partial charge is 0.481 e. The molecule has 0 amide bonds. The molecule has 0 aromatic rings. The van der Waals surface area contributed by atoms with Gasteiger partial charge >= 0.3 is 12.1 Å². The first-order valence-corrected chi connectivity index (χ1v) is 4.72. The molecule has 0 spiro atoms. The first-order chi connectivity index (χ1) is 6.69. The number of aliphatic carboxylic acids is 1. The van der Waals surface area contributed by atoms with Gasteiger partial charge in [0.2, 0.25) is 0 Å². The predicted octanol–water partition coefficient (Wildman–Crippen LogP) is 1.98. The third-order valence-corrected chi connectivity index (χ3v) is 2.48. The lowest BCUT2D eigenvalue weighted by atomic mass is 10.0. The van der Waals surface area contributed by atoms with Crippen molar-refractivity contribution in [2.45, 2.75) is 33.0 Å². The van der Waals surface area contributed by atoms with Crippen molar-refractivity contribution in [3.63, 3.8) is 0 Å². The summed E-state index contributed by atoms with van der Waals surface area (Å²) in [6, 6.07) is -0.630. The first-order valence-electron chi connectivity index (χ1n) is 4.72. The number of nitrogens with zero attached hydrogens (tertiary/aromatic N) is 1. The molecule has 15 heavy (non-hydrogen) atoms. The lowest BCUT2D eigenvalue weighted by Gasteiger charge is -2.30. The fourth-order valence-corrected chi connectivity index (χ4v) is 1.30. The molecule has 0 fully saturated rings. The summed E-state index contributed by atoms with van der Waals surface area (Å²) < 4.78 is 36.4. The van der Waals surface area contributed by atoms with Gasteiger partial charge in [0.25, 0.3) is 0 Å². The molecular formula is C9H16F3NO2. The summed E-state index contributed by atoms with van der Waals surface area (Å²) in [5.74, 6) is -1.89. The van der Waals surface area contributed by atoms with Gasteiger partial charge in [-0.15, -0.1) is 0 Å². The molecule has 0 heterocycles. The summed E-state index contributed by atoms with van der Waals surface area (Å²) in [6.45, 7) is 3.59. The fourth-order valence-electron chi connectivity index (χ4n) is 1.30. The number of hydrogen-bond acceptors (Lipinski definition) is 2. The quantitative estimate of drug-likeness (QED) is 0.780. The normalized spacial score (nSPS) is 16.5. The number of carboxylic acid groups (broad SMARTS) is 1. The molecule has 0 aliphatic rings. The van der Waals surface area contributed by atoms with E-state index in [0.29, 0.717) is 0 Å². The van der Waals surface area contributed by atoms with Crippen LogP contribution in [0.1, 0.15) is 20.8 Å². The van der Waals surface area contributed by atoms with Crippen molar-refractivity contribution in [3.8, 4) is 0 Å². The highest BCUT2D eigenvalue weighted by Crippen LogP contribution is 2.20. The van der Waals surface area contributed by atoms with E-state index in [4.69, 9.17) is 5.11 Å². The number of alkyl halides is 3. The van der Waals surface area contributed by atoms with E-state index in [0.717, 1.165) is 4.90 Å². The Balaban J connectivity index is 4.47. The van der Waals surface area contributed by atoms with Crippen LogP contribution >= 0.6 is 0 Å². The minimum absolute atomic E-state index is 0.179. The monoisotopic (exact) mass is 227 g/mol. The molecule has 0 aliphatic heterocycles. The van der Waals surface area contributed by atoms with E-state index < -0.39 is 30.7 Å². The molecule has 0 bridgehead atoms. The van der Waals surface area contributed by atoms with Crippen LogP contribution in [0.4, 0.5) is 13.2 Å². The fraction of sp³-hybridized carbons (Fsp3) is 0.889. The zero-order valence-corrected chi connectivity index (χ0v) is 9.01. The Hall–Kier alpha value is -0.780. The Bertz CT molecular complexity index is 218. The van der Waals surface area contributed by atoms with Crippen LogP contribution in [0, 0.1) is 5.92 Å². The Morgan fingerprint density at radius 1 is 1.40 bits per heavy atom. The van der Waals surface area contributed by atoms with Gasteiger partial charge in [0.05, 0.1) is 12.5 Å². The molecule has 3 nitrogen and oxygen atoms in total. The summed E-state index contributed by atoms with van der Waals surface area (Å²) in [7, 11) is 0. The van der Waals surface area contributed by atoms with Gasteiger partial charge in [-0.25, -0.2) is 0 Å². The third kappa shape index (κ3) is 5.01. The first kappa shape index (κ1) is 14.2. The van der Waals surface area contributed by atoms with E-state index >= 15 is 0 Å². The van der Waals surface area contributed by atoms with Crippen molar-refractivity contribution < 1.29 is 23.1 Å². The summed E-state index contributed by atoms with van der Waals surface area (Å²) in [6.07, 6.45) is -4.29. The lowest BCUT2D eigenvalue weighted by Crippen LogP contribution is -2.45. The topological polar surface area (TPSA) is 40.5 Å².